The van der Waals surface area contributed by atoms with Crippen molar-refractivity contribution in [3.05, 3.63) is 54.7 Å². The summed E-state index contributed by atoms with van der Waals surface area (Å²) >= 11 is 1.81. The average Bonchev–Trinajstić information content (AvgIpc) is 3.01. The maximum Gasteiger partial charge on any atom is 0.101 e. The summed E-state index contributed by atoms with van der Waals surface area (Å²) in [7, 11) is 0. The molecule has 2 aromatic carbocycles. The van der Waals surface area contributed by atoms with Crippen LogP contribution in [0.15, 0.2) is 64.5 Å². The Morgan fingerprint density at radius 3 is 2.44 bits per heavy atom. The van der Waals surface area contributed by atoms with Crippen molar-refractivity contribution in [1.29, 1.82) is 0 Å². The standard InChI is InChI=1S/C20H21N3OS/c21-10-5-12-24-13-11-23-14-17-15-6-1-3-8-18(15)25-19-9-4-2-7-16(19)20(17)22-23/h1-4,6-9,14H,5,10-13,21H2. The minimum Gasteiger partial charge on any atom is -0.379 e. The van der Waals surface area contributed by atoms with Gasteiger partial charge in [-0.25, -0.2) is 0 Å². The summed E-state index contributed by atoms with van der Waals surface area (Å²) in [5.74, 6) is 0. The number of benzene rings is 2. The molecule has 0 saturated carbocycles. The molecule has 5 heteroatoms. The molecule has 4 nitrogen and oxygen atoms in total. The van der Waals surface area contributed by atoms with Gasteiger partial charge in [-0.1, -0.05) is 48.2 Å². The molecule has 0 fully saturated rings. The second-order valence-corrected chi connectivity index (χ2v) is 7.09. The van der Waals surface area contributed by atoms with Gasteiger partial charge in [0.05, 0.1) is 13.2 Å². The molecule has 128 valence electrons. The minimum absolute atomic E-state index is 0.651. The van der Waals surface area contributed by atoms with Crippen LogP contribution in [0.4, 0.5) is 0 Å². The molecule has 1 aliphatic rings. The number of fused-ring (bicyclic) bond motifs is 5. The monoisotopic (exact) mass is 351 g/mol. The lowest BCUT2D eigenvalue weighted by Crippen LogP contribution is -2.09. The van der Waals surface area contributed by atoms with Crippen molar-refractivity contribution < 1.29 is 4.74 Å². The van der Waals surface area contributed by atoms with Gasteiger partial charge in [0.2, 0.25) is 0 Å². The van der Waals surface area contributed by atoms with Crippen molar-refractivity contribution in [3.63, 3.8) is 0 Å². The molecular formula is C20H21N3OS. The van der Waals surface area contributed by atoms with E-state index >= 15 is 0 Å². The van der Waals surface area contributed by atoms with Crippen molar-refractivity contribution in [2.24, 2.45) is 5.73 Å². The van der Waals surface area contributed by atoms with Crippen molar-refractivity contribution >= 4 is 11.8 Å². The van der Waals surface area contributed by atoms with Gasteiger partial charge >= 0.3 is 0 Å². The Labute approximate surface area is 152 Å². The van der Waals surface area contributed by atoms with Crippen molar-refractivity contribution in [3.8, 4) is 22.4 Å². The molecule has 0 bridgehead atoms. The predicted octanol–water partition coefficient (Wildman–Crippen LogP) is 4.05. The van der Waals surface area contributed by atoms with Crippen LogP contribution in [-0.2, 0) is 11.3 Å². The Bertz CT molecular complexity index is 812. The zero-order chi connectivity index (χ0) is 17.1. The highest BCUT2D eigenvalue weighted by atomic mass is 32.2. The van der Waals surface area contributed by atoms with Gasteiger partial charge in [-0.15, -0.1) is 0 Å². The van der Waals surface area contributed by atoms with E-state index in [0.29, 0.717) is 19.8 Å². The lowest BCUT2D eigenvalue weighted by Gasteiger charge is -2.06. The van der Waals surface area contributed by atoms with E-state index in [2.05, 4.69) is 54.7 Å². The molecule has 1 aliphatic heterocycles. The Kier molecular flexibility index (Phi) is 4.88. The fraction of sp³-hybridized carbons (Fsp3) is 0.250. The summed E-state index contributed by atoms with van der Waals surface area (Å²) in [5.41, 5.74) is 10.2. The number of ether oxygens (including phenoxy) is 1. The summed E-state index contributed by atoms with van der Waals surface area (Å²) in [6.45, 7) is 2.77. The third-order valence-corrected chi connectivity index (χ3v) is 5.41. The van der Waals surface area contributed by atoms with Gasteiger partial charge in [0.25, 0.3) is 0 Å². The van der Waals surface area contributed by atoms with E-state index in [-0.39, 0.29) is 0 Å². The highest BCUT2D eigenvalue weighted by Crippen LogP contribution is 2.46. The van der Waals surface area contributed by atoms with E-state index in [1.165, 1.54) is 26.5 Å². The van der Waals surface area contributed by atoms with Gasteiger partial charge in [-0.05, 0) is 30.7 Å². The van der Waals surface area contributed by atoms with Gasteiger partial charge in [0.1, 0.15) is 5.69 Å². The van der Waals surface area contributed by atoms with E-state index in [4.69, 9.17) is 15.6 Å². The number of nitrogens with two attached hydrogens (primary N) is 1. The molecule has 0 spiro atoms. The van der Waals surface area contributed by atoms with Crippen LogP contribution in [0.2, 0.25) is 0 Å². The first-order valence-electron chi connectivity index (χ1n) is 8.59. The van der Waals surface area contributed by atoms with Crippen molar-refractivity contribution in [2.45, 2.75) is 22.8 Å². The van der Waals surface area contributed by atoms with Crippen LogP contribution in [-0.4, -0.2) is 29.5 Å². The molecule has 25 heavy (non-hydrogen) atoms. The largest absolute Gasteiger partial charge is 0.379 e. The molecule has 0 aliphatic carbocycles. The van der Waals surface area contributed by atoms with Gasteiger partial charge in [0, 0.05) is 33.7 Å². The molecule has 0 atom stereocenters. The van der Waals surface area contributed by atoms with Crippen LogP contribution >= 0.6 is 11.8 Å². The SMILES string of the molecule is NCCCOCCn1cc2c(n1)-c1ccccc1Sc1ccccc1-2. The van der Waals surface area contributed by atoms with Gasteiger partial charge in [-0.3, -0.25) is 4.68 Å². The Balaban J connectivity index is 1.68. The molecule has 4 rings (SSSR count). The van der Waals surface area contributed by atoms with Gasteiger partial charge in [0.15, 0.2) is 0 Å². The first-order chi connectivity index (χ1) is 12.4. The minimum atomic E-state index is 0.651. The second-order valence-electron chi connectivity index (χ2n) is 6.00. The van der Waals surface area contributed by atoms with Crippen LogP contribution < -0.4 is 5.73 Å². The van der Waals surface area contributed by atoms with E-state index in [9.17, 15) is 0 Å². The summed E-state index contributed by atoms with van der Waals surface area (Å²) in [6.07, 6.45) is 3.04. The number of aromatic nitrogens is 2. The third kappa shape index (κ3) is 3.35. The highest BCUT2D eigenvalue weighted by molar-refractivity contribution is 7.99. The number of nitrogens with zero attached hydrogens (tertiary/aromatic N) is 2. The maximum atomic E-state index is 5.63. The Morgan fingerprint density at radius 2 is 1.64 bits per heavy atom. The lowest BCUT2D eigenvalue weighted by atomic mass is 10.0. The molecule has 0 unspecified atom stereocenters. The zero-order valence-corrected chi connectivity index (χ0v) is 14.8. The van der Waals surface area contributed by atoms with Crippen LogP contribution in [0.3, 0.4) is 0 Å². The van der Waals surface area contributed by atoms with E-state index in [1.54, 1.807) is 0 Å². The topological polar surface area (TPSA) is 53.1 Å². The number of hydrogen-bond acceptors (Lipinski definition) is 4. The van der Waals surface area contributed by atoms with Crippen LogP contribution in [0.1, 0.15) is 6.42 Å². The fourth-order valence-corrected chi connectivity index (χ4v) is 4.12. The summed E-state index contributed by atoms with van der Waals surface area (Å²) in [4.78, 5) is 2.52. The molecule has 0 amide bonds. The molecule has 0 saturated heterocycles. The van der Waals surface area contributed by atoms with Crippen LogP contribution in [0, 0.1) is 0 Å². The number of rotatable bonds is 6. The average molecular weight is 351 g/mol. The first-order valence-corrected chi connectivity index (χ1v) is 9.40. The summed E-state index contributed by atoms with van der Waals surface area (Å²) in [5, 5.41) is 4.87. The number of hydrogen-bond donors (Lipinski definition) is 1. The van der Waals surface area contributed by atoms with E-state index < -0.39 is 0 Å². The quantitative estimate of drug-likeness (QED) is 0.533. The van der Waals surface area contributed by atoms with Crippen molar-refractivity contribution in [1.82, 2.24) is 9.78 Å². The molecule has 0 radical (unpaired) electrons. The zero-order valence-electron chi connectivity index (χ0n) is 14.0. The molecule has 1 aromatic heterocycles. The maximum absolute atomic E-state index is 5.63. The molecule has 2 N–H and O–H groups in total. The smallest absolute Gasteiger partial charge is 0.101 e. The molecular weight excluding hydrogens is 330 g/mol. The van der Waals surface area contributed by atoms with Crippen LogP contribution in [0.5, 0.6) is 0 Å². The van der Waals surface area contributed by atoms with E-state index in [1.807, 2.05) is 16.4 Å². The molecule has 2 heterocycles. The van der Waals surface area contributed by atoms with Gasteiger partial charge in [-0.2, -0.15) is 5.10 Å². The Hall–Kier alpha value is -2.08. The summed E-state index contributed by atoms with van der Waals surface area (Å²) in [6, 6.07) is 17.0. The second kappa shape index (κ2) is 7.44. The summed E-state index contributed by atoms with van der Waals surface area (Å²) < 4.78 is 7.63. The fourth-order valence-electron chi connectivity index (χ4n) is 3.03. The van der Waals surface area contributed by atoms with Gasteiger partial charge < -0.3 is 10.5 Å². The van der Waals surface area contributed by atoms with E-state index in [0.717, 1.165) is 18.7 Å². The normalized spacial score (nSPS) is 12.2. The first kappa shape index (κ1) is 16.4. The predicted molar refractivity (Wildman–Crippen MR) is 102 cm³/mol. The lowest BCUT2D eigenvalue weighted by molar-refractivity contribution is 0.123. The third-order valence-electron chi connectivity index (χ3n) is 4.26. The van der Waals surface area contributed by atoms with Crippen LogP contribution in [0.25, 0.3) is 22.4 Å². The highest BCUT2D eigenvalue weighted by Gasteiger charge is 2.22. The van der Waals surface area contributed by atoms with Crippen molar-refractivity contribution in [2.75, 3.05) is 19.8 Å². The molecule has 3 aromatic rings. The Morgan fingerprint density at radius 1 is 0.920 bits per heavy atom.